The fraction of sp³-hybridized carbons (Fsp3) is 0.333. The van der Waals surface area contributed by atoms with Crippen LogP contribution in [-0.2, 0) is 17.6 Å². The Kier molecular flexibility index (Phi) is 6.62. The van der Waals surface area contributed by atoms with Gasteiger partial charge in [-0.2, -0.15) is 0 Å². The first-order valence-corrected chi connectivity index (χ1v) is 9.45. The second kappa shape index (κ2) is 9.34. The van der Waals surface area contributed by atoms with Crippen LogP contribution in [0.15, 0.2) is 42.5 Å². The van der Waals surface area contributed by atoms with Gasteiger partial charge in [0, 0.05) is 23.5 Å². The molecule has 0 saturated carbocycles. The maximum Gasteiger partial charge on any atom is 0.274 e. The molecule has 0 fully saturated rings. The van der Waals surface area contributed by atoms with Crippen LogP contribution in [-0.4, -0.2) is 41.8 Å². The number of fused-ring (bicyclic) bond motifs is 1. The molecule has 2 aromatic carbocycles. The number of rotatable bonds is 7. The quantitative estimate of drug-likeness (QED) is 0.433. The van der Waals surface area contributed by atoms with Crippen molar-refractivity contribution in [2.24, 2.45) is 0 Å². The van der Waals surface area contributed by atoms with Gasteiger partial charge in [0.15, 0.2) is 0 Å². The number of carbonyl (C=O) groups excluding carboxylic acids is 2. The maximum atomic E-state index is 12.8. The number of nitrogens with zero attached hydrogens (tertiary/aromatic N) is 1. The molecule has 28 heavy (non-hydrogen) atoms. The maximum absolute atomic E-state index is 12.8. The van der Waals surface area contributed by atoms with E-state index in [9.17, 15) is 14.7 Å². The van der Waals surface area contributed by atoms with E-state index in [0.717, 1.165) is 48.2 Å². The third kappa shape index (κ3) is 4.32. The molecule has 4 N–H and O–H groups in total. The number of aliphatic hydroxyl groups is 1. The summed E-state index contributed by atoms with van der Waals surface area (Å²) in [6, 6.07) is 12.7. The first-order valence-electron chi connectivity index (χ1n) is 9.45. The highest BCUT2D eigenvalue weighted by atomic mass is 16.5. The first kappa shape index (κ1) is 19.9. The SMILES string of the molecule is O=C(NO)c1ccc(NCC(=O)N(CCO)c2ccccc2)c2c1CCCC2. The molecule has 0 spiro atoms. The molecule has 0 aliphatic heterocycles. The van der Waals surface area contributed by atoms with Gasteiger partial charge in [0.05, 0.1) is 13.2 Å². The topological polar surface area (TPSA) is 102 Å². The van der Waals surface area contributed by atoms with E-state index in [1.807, 2.05) is 30.3 Å². The molecule has 2 aromatic rings. The van der Waals surface area contributed by atoms with E-state index in [-0.39, 0.29) is 25.6 Å². The molecule has 1 aliphatic carbocycles. The van der Waals surface area contributed by atoms with Crippen LogP contribution < -0.4 is 15.7 Å². The van der Waals surface area contributed by atoms with Crippen LogP contribution in [0, 0.1) is 0 Å². The molecule has 148 valence electrons. The number of hydrogen-bond acceptors (Lipinski definition) is 5. The molecule has 0 atom stereocenters. The fourth-order valence-electron chi connectivity index (χ4n) is 3.68. The molecule has 0 bridgehead atoms. The minimum absolute atomic E-state index is 0.0763. The lowest BCUT2D eigenvalue weighted by molar-refractivity contribution is -0.117. The number of hydroxylamine groups is 1. The van der Waals surface area contributed by atoms with E-state index in [2.05, 4.69) is 5.32 Å². The van der Waals surface area contributed by atoms with Gasteiger partial charge < -0.3 is 15.3 Å². The van der Waals surface area contributed by atoms with Crippen LogP contribution in [0.5, 0.6) is 0 Å². The Labute approximate surface area is 163 Å². The lowest BCUT2D eigenvalue weighted by atomic mass is 9.86. The molecule has 0 radical (unpaired) electrons. The van der Waals surface area contributed by atoms with Crippen molar-refractivity contribution in [1.29, 1.82) is 0 Å². The third-order valence-electron chi connectivity index (χ3n) is 5.00. The number of carbonyl (C=O) groups is 2. The number of para-hydroxylation sites is 1. The standard InChI is InChI=1S/C21H25N3O4/c25-13-12-24(15-6-2-1-3-7-15)20(26)14-22-19-11-10-18(21(27)23-28)16-8-4-5-9-17(16)19/h1-3,6-7,10-11,22,25,28H,4-5,8-9,12-14H2,(H,23,27). The van der Waals surface area contributed by atoms with Crippen molar-refractivity contribution in [2.75, 3.05) is 29.9 Å². The average molecular weight is 383 g/mol. The van der Waals surface area contributed by atoms with Crippen molar-refractivity contribution in [3.63, 3.8) is 0 Å². The Morgan fingerprint density at radius 2 is 1.71 bits per heavy atom. The highest BCUT2D eigenvalue weighted by molar-refractivity contribution is 5.97. The minimum atomic E-state index is -0.515. The number of hydrogen-bond donors (Lipinski definition) is 4. The zero-order chi connectivity index (χ0) is 19.9. The number of anilines is 2. The largest absolute Gasteiger partial charge is 0.395 e. The molecule has 1 aliphatic rings. The molecule has 2 amide bonds. The predicted octanol–water partition coefficient (Wildman–Crippen LogP) is 2.12. The van der Waals surface area contributed by atoms with Gasteiger partial charge in [0.2, 0.25) is 5.91 Å². The van der Waals surface area contributed by atoms with Gasteiger partial charge in [0.1, 0.15) is 0 Å². The van der Waals surface area contributed by atoms with Crippen molar-refractivity contribution >= 4 is 23.2 Å². The molecule has 0 saturated heterocycles. The first-order chi connectivity index (χ1) is 13.7. The van der Waals surface area contributed by atoms with E-state index in [1.54, 1.807) is 22.5 Å². The molecule has 0 heterocycles. The van der Waals surface area contributed by atoms with Gasteiger partial charge in [-0.1, -0.05) is 18.2 Å². The molecule has 0 unspecified atom stereocenters. The zero-order valence-corrected chi connectivity index (χ0v) is 15.6. The summed E-state index contributed by atoms with van der Waals surface area (Å²) in [6.45, 7) is 0.173. The van der Waals surface area contributed by atoms with E-state index in [1.165, 1.54) is 0 Å². The third-order valence-corrected chi connectivity index (χ3v) is 5.00. The van der Waals surface area contributed by atoms with Gasteiger partial charge in [-0.05, 0) is 61.1 Å². The van der Waals surface area contributed by atoms with Crippen LogP contribution >= 0.6 is 0 Å². The summed E-state index contributed by atoms with van der Waals surface area (Å²) in [6.07, 6.45) is 3.58. The van der Waals surface area contributed by atoms with Crippen LogP contribution in [0.4, 0.5) is 11.4 Å². The summed E-state index contributed by atoms with van der Waals surface area (Å²) in [4.78, 5) is 26.2. The predicted molar refractivity (Wildman–Crippen MR) is 107 cm³/mol. The van der Waals surface area contributed by atoms with E-state index >= 15 is 0 Å². The van der Waals surface area contributed by atoms with Crippen LogP contribution in [0.25, 0.3) is 0 Å². The molecule has 7 nitrogen and oxygen atoms in total. The second-order valence-electron chi connectivity index (χ2n) is 6.72. The Balaban J connectivity index is 1.78. The molecular formula is C21H25N3O4. The summed E-state index contributed by atoms with van der Waals surface area (Å²) >= 11 is 0. The summed E-state index contributed by atoms with van der Waals surface area (Å²) in [7, 11) is 0. The van der Waals surface area contributed by atoms with Gasteiger partial charge in [0.25, 0.3) is 5.91 Å². The van der Waals surface area contributed by atoms with E-state index in [4.69, 9.17) is 5.21 Å². The smallest absolute Gasteiger partial charge is 0.274 e. The van der Waals surface area contributed by atoms with Gasteiger partial charge in [-0.25, -0.2) is 5.48 Å². The van der Waals surface area contributed by atoms with Crippen molar-refractivity contribution < 1.29 is 19.9 Å². The Hall–Kier alpha value is -2.90. The monoisotopic (exact) mass is 383 g/mol. The fourth-order valence-corrected chi connectivity index (χ4v) is 3.68. The van der Waals surface area contributed by atoms with Crippen LogP contribution in [0.1, 0.15) is 34.3 Å². The molecule has 3 rings (SSSR count). The summed E-state index contributed by atoms with van der Waals surface area (Å²) in [5.41, 5.74) is 5.69. The van der Waals surface area contributed by atoms with Crippen molar-refractivity contribution in [2.45, 2.75) is 25.7 Å². The second-order valence-corrected chi connectivity index (χ2v) is 6.72. The van der Waals surface area contributed by atoms with Crippen LogP contribution in [0.3, 0.4) is 0 Å². The van der Waals surface area contributed by atoms with Crippen molar-refractivity contribution in [3.8, 4) is 0 Å². The number of amides is 2. The van der Waals surface area contributed by atoms with Gasteiger partial charge >= 0.3 is 0 Å². The average Bonchev–Trinajstić information content (AvgIpc) is 2.75. The number of benzene rings is 2. The Morgan fingerprint density at radius 1 is 1.00 bits per heavy atom. The molecule has 0 aromatic heterocycles. The minimum Gasteiger partial charge on any atom is -0.395 e. The van der Waals surface area contributed by atoms with Gasteiger partial charge in [-0.15, -0.1) is 0 Å². The summed E-state index contributed by atoms with van der Waals surface area (Å²) in [5, 5.41) is 21.5. The highest BCUT2D eigenvalue weighted by Crippen LogP contribution is 2.31. The summed E-state index contributed by atoms with van der Waals surface area (Å²) < 4.78 is 0. The molecular weight excluding hydrogens is 358 g/mol. The highest BCUT2D eigenvalue weighted by Gasteiger charge is 2.21. The van der Waals surface area contributed by atoms with Crippen LogP contribution in [0.2, 0.25) is 0 Å². The zero-order valence-electron chi connectivity index (χ0n) is 15.6. The Morgan fingerprint density at radius 3 is 2.39 bits per heavy atom. The lowest BCUT2D eigenvalue weighted by Crippen LogP contribution is -2.37. The van der Waals surface area contributed by atoms with E-state index in [0.29, 0.717) is 5.56 Å². The van der Waals surface area contributed by atoms with Crippen molar-refractivity contribution in [3.05, 3.63) is 59.2 Å². The van der Waals surface area contributed by atoms with E-state index < -0.39 is 5.91 Å². The summed E-state index contributed by atoms with van der Waals surface area (Å²) in [5.74, 6) is -0.666. The number of aliphatic hydroxyl groups excluding tert-OH is 1. The Bertz CT molecular complexity index is 839. The number of nitrogens with one attached hydrogen (secondary N) is 2. The molecule has 7 heteroatoms. The lowest BCUT2D eigenvalue weighted by Gasteiger charge is -2.25. The van der Waals surface area contributed by atoms with Crippen molar-refractivity contribution in [1.82, 2.24) is 5.48 Å². The normalized spacial score (nSPS) is 12.8. The van der Waals surface area contributed by atoms with Gasteiger partial charge in [-0.3, -0.25) is 14.8 Å².